The molecule has 1 saturated carbocycles. The zero-order valence-corrected chi connectivity index (χ0v) is 18.8. The smallest absolute Gasteiger partial charge is 0.228 e. The molecule has 166 valence electrons. The van der Waals surface area contributed by atoms with E-state index in [-0.39, 0.29) is 39.4 Å². The van der Waals surface area contributed by atoms with Crippen molar-refractivity contribution in [1.29, 1.82) is 0 Å². The molecule has 4 aromatic rings. The second kappa shape index (κ2) is 7.40. The number of aromatic nitrogens is 5. The normalized spacial score (nSPS) is 21.4. The Labute approximate surface area is 185 Å². The Morgan fingerprint density at radius 3 is 2.72 bits per heavy atom. The number of nitrogens with zero attached hydrogens (tertiary/aromatic N) is 4. The molecule has 5 rings (SSSR count). The third-order valence-electron chi connectivity index (χ3n) is 6.30. The summed E-state index contributed by atoms with van der Waals surface area (Å²) >= 11 is 0. The maximum absolute atomic E-state index is 13.6. The zero-order valence-electron chi connectivity index (χ0n) is 18.0. The molecule has 32 heavy (non-hydrogen) atoms. The summed E-state index contributed by atoms with van der Waals surface area (Å²) in [6, 6.07) is 8.73. The largest absolute Gasteiger partial charge is 0.354 e. The van der Waals surface area contributed by atoms with Gasteiger partial charge >= 0.3 is 0 Å². The van der Waals surface area contributed by atoms with Gasteiger partial charge in [0.25, 0.3) is 0 Å². The highest BCUT2D eigenvalue weighted by Gasteiger charge is 2.37. The molecule has 1 aliphatic rings. The first-order valence-electron chi connectivity index (χ1n) is 10.6. The summed E-state index contributed by atoms with van der Waals surface area (Å²) in [7, 11) is -3.93. The van der Waals surface area contributed by atoms with Crippen molar-refractivity contribution in [1.82, 2.24) is 29.9 Å². The molecule has 0 radical (unpaired) electrons. The zero-order chi connectivity index (χ0) is 22.6. The standard InChI is InChI=1S/C22H24N6O3S/c1-12-6-4-5-7-18(12)32(30,31)22-21-27-26-20(28(21)17-8-9-23-19(17)25-22)16-11-15(10-13(16)2)24-14(3)29/h4-9,13,15-16,23H,10-11H2,1-3H3,(H,24,29)/t13-,15+,16+/m1/s1. The van der Waals surface area contributed by atoms with Crippen molar-refractivity contribution >= 4 is 32.6 Å². The van der Waals surface area contributed by atoms with Crippen LogP contribution in [0.15, 0.2) is 46.5 Å². The van der Waals surface area contributed by atoms with E-state index in [0.717, 1.165) is 18.4 Å². The molecule has 0 spiro atoms. The number of sulfone groups is 1. The molecule has 0 bridgehead atoms. The minimum atomic E-state index is -3.93. The van der Waals surface area contributed by atoms with Crippen molar-refractivity contribution < 1.29 is 13.2 Å². The molecule has 3 atom stereocenters. The maximum atomic E-state index is 13.6. The Hall–Kier alpha value is -3.27. The number of carbonyl (C=O) groups is 1. The van der Waals surface area contributed by atoms with E-state index in [2.05, 4.69) is 32.4 Å². The number of fused-ring (bicyclic) bond motifs is 3. The molecule has 0 unspecified atom stereocenters. The van der Waals surface area contributed by atoms with Gasteiger partial charge in [-0.25, -0.2) is 13.4 Å². The SMILES string of the molecule is CC(=O)N[C@H]1C[C@@H](C)[C@@H](c2nnc3c(S(=O)(=O)c4ccccc4C)nc4[nH]ccc4n23)C1. The molecule has 3 aromatic heterocycles. The second-order valence-electron chi connectivity index (χ2n) is 8.57. The Bertz CT molecular complexity index is 1460. The van der Waals surface area contributed by atoms with E-state index in [1.54, 1.807) is 41.8 Å². The molecule has 0 aliphatic heterocycles. The minimum absolute atomic E-state index is 0.0244. The van der Waals surface area contributed by atoms with Crippen LogP contribution < -0.4 is 5.32 Å². The Morgan fingerprint density at radius 2 is 1.97 bits per heavy atom. The number of rotatable bonds is 4. The van der Waals surface area contributed by atoms with E-state index in [1.807, 2.05) is 6.07 Å². The number of benzene rings is 1. The number of hydrogen-bond acceptors (Lipinski definition) is 6. The number of nitrogens with one attached hydrogen (secondary N) is 2. The van der Waals surface area contributed by atoms with Crippen molar-refractivity contribution in [3.63, 3.8) is 0 Å². The van der Waals surface area contributed by atoms with Crippen LogP contribution in [0.25, 0.3) is 16.8 Å². The van der Waals surface area contributed by atoms with Crippen molar-refractivity contribution in [3.8, 4) is 0 Å². The van der Waals surface area contributed by atoms with Gasteiger partial charge in [0.05, 0.1) is 10.4 Å². The van der Waals surface area contributed by atoms with Crippen molar-refractivity contribution in [2.24, 2.45) is 5.92 Å². The molecular weight excluding hydrogens is 428 g/mol. The molecular formula is C22H24N6O3S. The van der Waals surface area contributed by atoms with Crippen LogP contribution in [-0.4, -0.2) is 44.9 Å². The highest BCUT2D eigenvalue weighted by Crippen LogP contribution is 2.40. The Balaban J connectivity index is 1.71. The fourth-order valence-electron chi connectivity index (χ4n) is 4.84. The molecule has 2 N–H and O–H groups in total. The number of hydrogen-bond donors (Lipinski definition) is 2. The highest BCUT2D eigenvalue weighted by molar-refractivity contribution is 7.91. The molecule has 1 aromatic carbocycles. The molecule has 1 aliphatic carbocycles. The summed E-state index contributed by atoms with van der Waals surface area (Å²) in [6.07, 6.45) is 3.27. The van der Waals surface area contributed by atoms with Gasteiger partial charge in [0.2, 0.25) is 20.8 Å². The van der Waals surface area contributed by atoms with Crippen LogP contribution in [-0.2, 0) is 14.6 Å². The molecule has 9 nitrogen and oxygen atoms in total. The first-order chi connectivity index (χ1) is 15.3. The van der Waals surface area contributed by atoms with Crippen LogP contribution >= 0.6 is 0 Å². The average Bonchev–Trinajstić information content (AvgIpc) is 3.44. The summed E-state index contributed by atoms with van der Waals surface area (Å²) in [5.41, 5.74) is 2.03. The number of H-pyrrole nitrogens is 1. The number of aromatic amines is 1. The summed E-state index contributed by atoms with van der Waals surface area (Å²) in [6.45, 7) is 5.39. The van der Waals surface area contributed by atoms with Crippen LogP contribution in [0.5, 0.6) is 0 Å². The first kappa shape index (κ1) is 20.6. The third-order valence-corrected chi connectivity index (χ3v) is 8.12. The monoisotopic (exact) mass is 452 g/mol. The Kier molecular flexibility index (Phi) is 4.77. The number of aryl methyl sites for hydroxylation is 1. The van der Waals surface area contributed by atoms with E-state index in [4.69, 9.17) is 0 Å². The summed E-state index contributed by atoms with van der Waals surface area (Å²) in [5, 5.41) is 11.6. The van der Waals surface area contributed by atoms with Gasteiger partial charge < -0.3 is 10.3 Å². The average molecular weight is 453 g/mol. The number of carbonyl (C=O) groups excluding carboxylic acids is 1. The molecule has 1 fully saturated rings. The summed E-state index contributed by atoms with van der Waals surface area (Å²) < 4.78 is 29.0. The lowest BCUT2D eigenvalue weighted by atomic mass is 9.97. The fraction of sp³-hybridized carbons (Fsp3) is 0.364. The molecule has 3 heterocycles. The maximum Gasteiger partial charge on any atom is 0.228 e. The molecule has 1 amide bonds. The lowest BCUT2D eigenvalue weighted by Crippen LogP contribution is -2.30. The van der Waals surface area contributed by atoms with Crippen LogP contribution in [0.1, 0.15) is 44.0 Å². The first-order valence-corrected chi connectivity index (χ1v) is 12.1. The third kappa shape index (κ3) is 3.17. The van der Waals surface area contributed by atoms with Gasteiger partial charge in [-0.3, -0.25) is 9.20 Å². The van der Waals surface area contributed by atoms with Gasteiger partial charge in [0.15, 0.2) is 11.3 Å². The van der Waals surface area contributed by atoms with Gasteiger partial charge in [0, 0.05) is 25.1 Å². The molecule has 10 heteroatoms. The summed E-state index contributed by atoms with van der Waals surface area (Å²) in [5.74, 6) is 0.903. The van der Waals surface area contributed by atoms with Gasteiger partial charge in [-0.15, -0.1) is 10.2 Å². The predicted molar refractivity (Wildman–Crippen MR) is 118 cm³/mol. The van der Waals surface area contributed by atoms with E-state index in [1.165, 1.54) is 6.92 Å². The minimum Gasteiger partial charge on any atom is -0.354 e. The fourth-order valence-corrected chi connectivity index (χ4v) is 6.38. The van der Waals surface area contributed by atoms with Crippen LogP contribution in [0.2, 0.25) is 0 Å². The van der Waals surface area contributed by atoms with E-state index < -0.39 is 9.84 Å². The van der Waals surface area contributed by atoms with Gasteiger partial charge in [0.1, 0.15) is 5.82 Å². The van der Waals surface area contributed by atoms with Crippen molar-refractivity contribution in [2.75, 3.05) is 0 Å². The highest BCUT2D eigenvalue weighted by atomic mass is 32.2. The predicted octanol–water partition coefficient (Wildman–Crippen LogP) is 2.77. The van der Waals surface area contributed by atoms with E-state index in [0.29, 0.717) is 17.0 Å². The van der Waals surface area contributed by atoms with Gasteiger partial charge in [-0.05, 0) is 43.4 Å². The van der Waals surface area contributed by atoms with E-state index in [9.17, 15) is 13.2 Å². The topological polar surface area (TPSA) is 122 Å². The van der Waals surface area contributed by atoms with Crippen molar-refractivity contribution in [3.05, 3.63) is 47.9 Å². The lowest BCUT2D eigenvalue weighted by molar-refractivity contribution is -0.119. The van der Waals surface area contributed by atoms with Crippen LogP contribution in [0.4, 0.5) is 0 Å². The Morgan fingerprint density at radius 1 is 1.19 bits per heavy atom. The summed E-state index contributed by atoms with van der Waals surface area (Å²) in [4.78, 5) is 19.2. The van der Waals surface area contributed by atoms with Crippen molar-refractivity contribution in [2.45, 2.75) is 55.5 Å². The molecule has 0 saturated heterocycles. The number of amides is 1. The van der Waals surface area contributed by atoms with Gasteiger partial charge in [-0.2, -0.15) is 0 Å². The lowest BCUT2D eigenvalue weighted by Gasteiger charge is -2.14. The van der Waals surface area contributed by atoms with Gasteiger partial charge in [-0.1, -0.05) is 25.1 Å². The van der Waals surface area contributed by atoms with Crippen LogP contribution in [0, 0.1) is 12.8 Å². The second-order valence-corrected chi connectivity index (χ2v) is 10.4. The quantitative estimate of drug-likeness (QED) is 0.491. The van der Waals surface area contributed by atoms with E-state index >= 15 is 0 Å². The van der Waals surface area contributed by atoms with Crippen LogP contribution in [0.3, 0.4) is 0 Å².